The Bertz CT molecular complexity index is 445. The van der Waals surface area contributed by atoms with Gasteiger partial charge in [-0.15, -0.1) is 0 Å². The fourth-order valence-electron chi connectivity index (χ4n) is 2.28. The minimum atomic E-state index is -0.432. The number of nitrogens with zero attached hydrogens (tertiary/aromatic N) is 2. The minimum Gasteiger partial charge on any atom is -0.478 e. The molecule has 1 saturated heterocycles. The highest BCUT2D eigenvalue weighted by Crippen LogP contribution is 2.19. The Balaban J connectivity index is 1.82. The second kappa shape index (κ2) is 6.47. The van der Waals surface area contributed by atoms with Gasteiger partial charge in [-0.25, -0.2) is 4.98 Å². The summed E-state index contributed by atoms with van der Waals surface area (Å²) in [5.74, 6) is 0.457. The standard InChI is InChI=1S/C13H19N3O3/c1-10-12(16(17)18)5-6-13(15-10)19-9-7-11-4-2-3-8-14-11/h5-6,11,14H,2-4,7-9H2,1H3. The Kier molecular flexibility index (Phi) is 4.68. The first-order valence-corrected chi connectivity index (χ1v) is 6.65. The molecule has 104 valence electrons. The van der Waals surface area contributed by atoms with Crippen LogP contribution in [-0.4, -0.2) is 29.1 Å². The van der Waals surface area contributed by atoms with Crippen LogP contribution in [0.5, 0.6) is 5.88 Å². The Morgan fingerprint density at radius 1 is 1.53 bits per heavy atom. The lowest BCUT2D eigenvalue weighted by Gasteiger charge is -2.23. The monoisotopic (exact) mass is 265 g/mol. The molecule has 1 aliphatic heterocycles. The van der Waals surface area contributed by atoms with Gasteiger partial charge in [0.25, 0.3) is 5.69 Å². The molecule has 1 aromatic heterocycles. The molecule has 0 saturated carbocycles. The molecule has 0 amide bonds. The lowest BCUT2D eigenvalue weighted by Crippen LogP contribution is -2.35. The zero-order valence-electron chi connectivity index (χ0n) is 11.1. The van der Waals surface area contributed by atoms with Crippen LogP contribution in [0.3, 0.4) is 0 Å². The average Bonchev–Trinajstić information content (AvgIpc) is 2.39. The first-order chi connectivity index (χ1) is 9.16. The van der Waals surface area contributed by atoms with Crippen molar-refractivity contribution in [1.29, 1.82) is 0 Å². The molecule has 2 heterocycles. The van der Waals surface area contributed by atoms with Crippen molar-refractivity contribution in [3.05, 3.63) is 27.9 Å². The van der Waals surface area contributed by atoms with E-state index in [1.807, 2.05) is 0 Å². The van der Waals surface area contributed by atoms with E-state index in [9.17, 15) is 10.1 Å². The van der Waals surface area contributed by atoms with Crippen LogP contribution in [-0.2, 0) is 0 Å². The number of rotatable bonds is 5. The molecule has 1 aliphatic rings. The summed E-state index contributed by atoms with van der Waals surface area (Å²) in [5, 5.41) is 14.1. The minimum absolute atomic E-state index is 0.0290. The average molecular weight is 265 g/mol. The summed E-state index contributed by atoms with van der Waals surface area (Å²) in [4.78, 5) is 14.3. The lowest BCUT2D eigenvalue weighted by atomic mass is 10.0. The third-order valence-corrected chi connectivity index (χ3v) is 3.36. The summed E-state index contributed by atoms with van der Waals surface area (Å²) < 4.78 is 5.55. The van der Waals surface area contributed by atoms with Crippen molar-refractivity contribution >= 4 is 5.69 Å². The van der Waals surface area contributed by atoms with Crippen molar-refractivity contribution < 1.29 is 9.66 Å². The SMILES string of the molecule is Cc1nc(OCCC2CCCCN2)ccc1[N+](=O)[O-]. The maximum absolute atomic E-state index is 10.7. The summed E-state index contributed by atoms with van der Waals surface area (Å²) >= 11 is 0. The van der Waals surface area contributed by atoms with Gasteiger partial charge in [-0.1, -0.05) is 6.42 Å². The molecular formula is C13H19N3O3. The zero-order chi connectivity index (χ0) is 13.7. The van der Waals surface area contributed by atoms with E-state index in [2.05, 4.69) is 10.3 Å². The van der Waals surface area contributed by atoms with Crippen LogP contribution in [0, 0.1) is 17.0 Å². The lowest BCUT2D eigenvalue weighted by molar-refractivity contribution is -0.385. The molecular weight excluding hydrogens is 246 g/mol. The van der Waals surface area contributed by atoms with Crippen molar-refractivity contribution in [3.8, 4) is 5.88 Å². The predicted octanol–water partition coefficient (Wildman–Crippen LogP) is 2.21. The Hall–Kier alpha value is -1.69. The summed E-state index contributed by atoms with van der Waals surface area (Å²) in [7, 11) is 0. The molecule has 1 unspecified atom stereocenters. The highest BCUT2D eigenvalue weighted by molar-refractivity contribution is 5.36. The van der Waals surface area contributed by atoms with Gasteiger partial charge in [0.15, 0.2) is 0 Å². The highest BCUT2D eigenvalue weighted by Gasteiger charge is 2.14. The fraction of sp³-hybridized carbons (Fsp3) is 0.615. The number of hydrogen-bond donors (Lipinski definition) is 1. The number of nitro groups is 1. The van der Waals surface area contributed by atoms with E-state index in [4.69, 9.17) is 4.74 Å². The Morgan fingerprint density at radius 3 is 3.00 bits per heavy atom. The number of aryl methyl sites for hydroxylation is 1. The Morgan fingerprint density at radius 2 is 2.37 bits per heavy atom. The maximum atomic E-state index is 10.7. The molecule has 0 aliphatic carbocycles. The van der Waals surface area contributed by atoms with Crippen LogP contribution in [0.15, 0.2) is 12.1 Å². The van der Waals surface area contributed by atoms with E-state index in [1.54, 1.807) is 13.0 Å². The van der Waals surface area contributed by atoms with Crippen LogP contribution in [0.2, 0.25) is 0 Å². The maximum Gasteiger partial charge on any atom is 0.290 e. The number of piperidine rings is 1. The van der Waals surface area contributed by atoms with Gasteiger partial charge in [-0.05, 0) is 32.7 Å². The molecule has 6 heteroatoms. The molecule has 1 atom stereocenters. The molecule has 1 fully saturated rings. The van der Waals surface area contributed by atoms with Crippen LogP contribution in [0.25, 0.3) is 0 Å². The molecule has 0 radical (unpaired) electrons. The van der Waals surface area contributed by atoms with Crippen LogP contribution < -0.4 is 10.1 Å². The third kappa shape index (κ3) is 3.89. The fourth-order valence-corrected chi connectivity index (χ4v) is 2.28. The van der Waals surface area contributed by atoms with Gasteiger partial charge in [0.2, 0.25) is 5.88 Å². The molecule has 19 heavy (non-hydrogen) atoms. The first kappa shape index (κ1) is 13.7. The van der Waals surface area contributed by atoms with Gasteiger partial charge >= 0.3 is 0 Å². The zero-order valence-corrected chi connectivity index (χ0v) is 11.1. The van der Waals surface area contributed by atoms with Crippen molar-refractivity contribution in [1.82, 2.24) is 10.3 Å². The van der Waals surface area contributed by atoms with E-state index in [1.165, 1.54) is 25.3 Å². The van der Waals surface area contributed by atoms with Crippen molar-refractivity contribution in [2.75, 3.05) is 13.2 Å². The molecule has 2 rings (SSSR count). The Labute approximate surface area is 112 Å². The van der Waals surface area contributed by atoms with E-state index < -0.39 is 4.92 Å². The number of nitrogens with one attached hydrogen (secondary N) is 1. The largest absolute Gasteiger partial charge is 0.478 e. The van der Waals surface area contributed by atoms with Gasteiger partial charge < -0.3 is 10.1 Å². The van der Waals surface area contributed by atoms with Gasteiger partial charge in [0, 0.05) is 18.2 Å². The predicted molar refractivity (Wildman–Crippen MR) is 71.4 cm³/mol. The van der Waals surface area contributed by atoms with E-state index in [0.717, 1.165) is 13.0 Å². The second-order valence-electron chi connectivity index (χ2n) is 4.80. The molecule has 1 aromatic rings. The summed E-state index contributed by atoms with van der Waals surface area (Å²) in [5.41, 5.74) is 0.416. The number of ether oxygens (including phenoxy) is 1. The van der Waals surface area contributed by atoms with Crippen molar-refractivity contribution in [2.45, 2.75) is 38.6 Å². The van der Waals surface area contributed by atoms with E-state index in [-0.39, 0.29) is 5.69 Å². The second-order valence-corrected chi connectivity index (χ2v) is 4.80. The van der Waals surface area contributed by atoms with E-state index >= 15 is 0 Å². The summed E-state index contributed by atoms with van der Waals surface area (Å²) in [6, 6.07) is 3.52. The van der Waals surface area contributed by atoms with Crippen molar-refractivity contribution in [3.63, 3.8) is 0 Å². The molecule has 6 nitrogen and oxygen atoms in total. The van der Waals surface area contributed by atoms with Crippen molar-refractivity contribution in [2.24, 2.45) is 0 Å². The molecule has 0 aromatic carbocycles. The van der Waals surface area contributed by atoms with Gasteiger partial charge in [0.05, 0.1) is 11.5 Å². The number of aromatic nitrogens is 1. The topological polar surface area (TPSA) is 77.3 Å². The van der Waals surface area contributed by atoms with Crippen LogP contribution >= 0.6 is 0 Å². The van der Waals surface area contributed by atoms with Crippen LogP contribution in [0.4, 0.5) is 5.69 Å². The molecule has 0 spiro atoms. The van der Waals surface area contributed by atoms with Gasteiger partial charge in [-0.3, -0.25) is 10.1 Å². The smallest absolute Gasteiger partial charge is 0.290 e. The molecule has 1 N–H and O–H groups in total. The quantitative estimate of drug-likeness (QED) is 0.652. The van der Waals surface area contributed by atoms with Gasteiger partial charge in [0.1, 0.15) is 5.69 Å². The summed E-state index contributed by atoms with van der Waals surface area (Å²) in [6.07, 6.45) is 4.65. The highest BCUT2D eigenvalue weighted by atomic mass is 16.6. The number of pyridine rings is 1. The normalized spacial score (nSPS) is 19.1. The first-order valence-electron chi connectivity index (χ1n) is 6.65. The molecule has 0 bridgehead atoms. The van der Waals surface area contributed by atoms with E-state index in [0.29, 0.717) is 24.2 Å². The summed E-state index contributed by atoms with van der Waals surface area (Å²) in [6.45, 7) is 3.29. The number of hydrogen-bond acceptors (Lipinski definition) is 5. The van der Waals surface area contributed by atoms with Gasteiger partial charge in [-0.2, -0.15) is 0 Å². The third-order valence-electron chi connectivity index (χ3n) is 3.36. The van der Waals surface area contributed by atoms with Crippen LogP contribution in [0.1, 0.15) is 31.4 Å².